The monoisotopic (exact) mass is 300 g/mol. The lowest BCUT2D eigenvalue weighted by molar-refractivity contribution is -0.128. The molecule has 0 aliphatic carbocycles. The quantitative estimate of drug-likeness (QED) is 0.694. The number of hydrogen-bond donors (Lipinski definition) is 0. The second-order valence-electron chi connectivity index (χ2n) is 4.55. The minimum Gasteiger partial charge on any atom is -0.468 e. The van der Waals surface area contributed by atoms with Gasteiger partial charge in [0, 0.05) is 18.1 Å². The fraction of sp³-hybridized carbons (Fsp3) is 0.176. The number of carbonyl (C=O) groups excluding carboxylic acids is 1. The summed E-state index contributed by atoms with van der Waals surface area (Å²) in [4.78, 5) is 13.3. The lowest BCUT2D eigenvalue weighted by Crippen LogP contribution is -1.98. The van der Waals surface area contributed by atoms with Gasteiger partial charge in [-0.2, -0.15) is 0 Å². The predicted molar refractivity (Wildman–Crippen MR) is 82.9 cm³/mol. The molecule has 0 saturated heterocycles. The van der Waals surface area contributed by atoms with Crippen LogP contribution in [0, 0.1) is 5.82 Å². The first kappa shape index (κ1) is 15.7. The van der Waals surface area contributed by atoms with Crippen molar-refractivity contribution in [3.63, 3.8) is 0 Å². The average Bonchev–Trinajstić information content (AvgIpc) is 2.92. The standard InChI is InChI=1S/C14H11FN2.C3H6O2/c15-13-8-12-6-7-17(14(12)16-9-13)10-11-4-2-1-3-5-11;1-2-5-3-4/h1-9H,10H2;3H,2H2,1H3. The molecule has 0 N–H and O–H groups in total. The van der Waals surface area contributed by atoms with Crippen LogP contribution in [0.4, 0.5) is 4.39 Å². The van der Waals surface area contributed by atoms with E-state index in [1.54, 1.807) is 6.92 Å². The van der Waals surface area contributed by atoms with Crippen molar-refractivity contribution in [3.05, 3.63) is 66.2 Å². The van der Waals surface area contributed by atoms with Gasteiger partial charge in [0.15, 0.2) is 0 Å². The van der Waals surface area contributed by atoms with Crippen LogP contribution in [0.25, 0.3) is 11.0 Å². The fourth-order valence-corrected chi connectivity index (χ4v) is 2.03. The van der Waals surface area contributed by atoms with E-state index in [0.29, 0.717) is 13.1 Å². The molecule has 0 bridgehead atoms. The highest BCUT2D eigenvalue weighted by atomic mass is 19.1. The van der Waals surface area contributed by atoms with Crippen molar-refractivity contribution in [2.45, 2.75) is 13.5 Å². The summed E-state index contributed by atoms with van der Waals surface area (Å²) in [6, 6.07) is 13.5. The SMILES string of the molecule is CCOC=O.Fc1cnc2c(ccn2Cc2ccccc2)c1. The Labute approximate surface area is 128 Å². The summed E-state index contributed by atoms with van der Waals surface area (Å²) < 4.78 is 19.2. The van der Waals surface area contributed by atoms with Crippen molar-refractivity contribution in [2.75, 3.05) is 6.61 Å². The van der Waals surface area contributed by atoms with E-state index < -0.39 is 0 Å². The molecule has 4 nitrogen and oxygen atoms in total. The number of carbonyl (C=O) groups is 1. The molecule has 2 heterocycles. The van der Waals surface area contributed by atoms with Gasteiger partial charge >= 0.3 is 0 Å². The summed E-state index contributed by atoms with van der Waals surface area (Å²) in [6.07, 6.45) is 3.19. The Morgan fingerprint density at radius 3 is 2.68 bits per heavy atom. The number of benzene rings is 1. The molecule has 0 spiro atoms. The summed E-state index contributed by atoms with van der Waals surface area (Å²) in [7, 11) is 0. The van der Waals surface area contributed by atoms with Crippen LogP contribution >= 0.6 is 0 Å². The zero-order valence-corrected chi connectivity index (χ0v) is 12.3. The maximum Gasteiger partial charge on any atom is 0.293 e. The average molecular weight is 300 g/mol. The number of pyridine rings is 1. The minimum atomic E-state index is -0.296. The summed E-state index contributed by atoms with van der Waals surface area (Å²) in [6.45, 7) is 3.42. The molecular formula is C17H17FN2O2. The Hall–Kier alpha value is -2.69. The second kappa shape index (κ2) is 7.93. The Morgan fingerprint density at radius 1 is 1.27 bits per heavy atom. The largest absolute Gasteiger partial charge is 0.468 e. The second-order valence-corrected chi connectivity index (χ2v) is 4.55. The van der Waals surface area contributed by atoms with E-state index in [0.717, 1.165) is 17.6 Å². The highest BCUT2D eigenvalue weighted by molar-refractivity contribution is 5.75. The van der Waals surface area contributed by atoms with Gasteiger partial charge in [0.25, 0.3) is 6.47 Å². The zero-order chi connectivity index (χ0) is 15.8. The molecule has 0 atom stereocenters. The van der Waals surface area contributed by atoms with Crippen molar-refractivity contribution in [1.29, 1.82) is 0 Å². The Balaban J connectivity index is 0.000000309. The third-order valence-corrected chi connectivity index (χ3v) is 3.00. The number of fused-ring (bicyclic) bond motifs is 1. The van der Waals surface area contributed by atoms with Crippen LogP contribution in [0.3, 0.4) is 0 Å². The van der Waals surface area contributed by atoms with Gasteiger partial charge in [-0.25, -0.2) is 9.37 Å². The molecule has 114 valence electrons. The molecule has 0 amide bonds. The van der Waals surface area contributed by atoms with E-state index in [2.05, 4.69) is 21.9 Å². The van der Waals surface area contributed by atoms with Gasteiger partial charge in [-0.3, -0.25) is 4.79 Å². The van der Waals surface area contributed by atoms with Crippen LogP contribution in [0.2, 0.25) is 0 Å². The van der Waals surface area contributed by atoms with Gasteiger partial charge < -0.3 is 9.30 Å². The first-order valence-corrected chi connectivity index (χ1v) is 6.94. The molecule has 3 aromatic rings. The lowest BCUT2D eigenvalue weighted by Gasteiger charge is -2.04. The van der Waals surface area contributed by atoms with Crippen molar-refractivity contribution in [1.82, 2.24) is 9.55 Å². The van der Waals surface area contributed by atoms with Crippen molar-refractivity contribution in [2.24, 2.45) is 0 Å². The number of nitrogens with zero attached hydrogens (tertiary/aromatic N) is 2. The molecule has 0 aliphatic rings. The highest BCUT2D eigenvalue weighted by Crippen LogP contribution is 2.15. The maximum absolute atomic E-state index is 13.0. The van der Waals surface area contributed by atoms with Crippen LogP contribution < -0.4 is 0 Å². The van der Waals surface area contributed by atoms with Gasteiger partial charge in [0.05, 0.1) is 12.8 Å². The van der Waals surface area contributed by atoms with Crippen molar-refractivity contribution >= 4 is 17.5 Å². The van der Waals surface area contributed by atoms with E-state index in [4.69, 9.17) is 0 Å². The summed E-state index contributed by atoms with van der Waals surface area (Å²) in [5.41, 5.74) is 2.02. The third kappa shape index (κ3) is 4.15. The minimum absolute atomic E-state index is 0.296. The van der Waals surface area contributed by atoms with Crippen molar-refractivity contribution in [3.8, 4) is 0 Å². The van der Waals surface area contributed by atoms with Crippen LogP contribution in [-0.2, 0) is 16.1 Å². The number of aromatic nitrogens is 2. The highest BCUT2D eigenvalue weighted by Gasteiger charge is 2.03. The first-order chi connectivity index (χ1) is 10.7. The van der Waals surface area contributed by atoms with Gasteiger partial charge in [-0.15, -0.1) is 0 Å². The smallest absolute Gasteiger partial charge is 0.293 e. The molecule has 2 aromatic heterocycles. The molecule has 5 heteroatoms. The number of ether oxygens (including phenoxy) is 1. The number of hydrogen-bond acceptors (Lipinski definition) is 3. The maximum atomic E-state index is 13.0. The van der Waals surface area contributed by atoms with E-state index in [1.165, 1.54) is 17.8 Å². The molecule has 0 aliphatic heterocycles. The predicted octanol–water partition coefficient (Wildman–Crippen LogP) is 3.40. The molecule has 1 aromatic carbocycles. The normalized spacial score (nSPS) is 9.91. The number of halogens is 1. The first-order valence-electron chi connectivity index (χ1n) is 6.94. The molecule has 0 saturated carbocycles. The van der Waals surface area contributed by atoms with E-state index in [9.17, 15) is 9.18 Å². The van der Waals surface area contributed by atoms with Crippen LogP contribution in [0.1, 0.15) is 12.5 Å². The van der Waals surface area contributed by atoms with Crippen LogP contribution in [0.15, 0.2) is 54.9 Å². The lowest BCUT2D eigenvalue weighted by atomic mass is 10.2. The van der Waals surface area contributed by atoms with E-state index >= 15 is 0 Å². The van der Waals surface area contributed by atoms with Gasteiger partial charge in [-0.05, 0) is 24.6 Å². The summed E-state index contributed by atoms with van der Waals surface area (Å²) >= 11 is 0. The Kier molecular flexibility index (Phi) is 5.65. The van der Waals surface area contributed by atoms with Crippen LogP contribution in [-0.4, -0.2) is 22.6 Å². The van der Waals surface area contributed by atoms with Crippen LogP contribution in [0.5, 0.6) is 0 Å². The van der Waals surface area contributed by atoms with Gasteiger partial charge in [0.2, 0.25) is 0 Å². The number of rotatable bonds is 4. The topological polar surface area (TPSA) is 44.1 Å². The van der Waals surface area contributed by atoms with Crippen molar-refractivity contribution < 1.29 is 13.9 Å². The fourth-order valence-electron chi connectivity index (χ4n) is 2.03. The van der Waals surface area contributed by atoms with Gasteiger partial charge in [-0.1, -0.05) is 30.3 Å². The molecule has 0 unspecified atom stereocenters. The third-order valence-electron chi connectivity index (χ3n) is 3.00. The molecular weight excluding hydrogens is 283 g/mol. The summed E-state index contributed by atoms with van der Waals surface area (Å²) in [5, 5.41) is 0.834. The Morgan fingerprint density at radius 2 is 2.05 bits per heavy atom. The molecule has 0 fully saturated rings. The summed E-state index contributed by atoms with van der Waals surface area (Å²) in [5.74, 6) is -0.296. The zero-order valence-electron chi connectivity index (χ0n) is 12.3. The van der Waals surface area contributed by atoms with E-state index in [1.807, 2.05) is 35.0 Å². The van der Waals surface area contributed by atoms with E-state index in [-0.39, 0.29) is 5.82 Å². The molecule has 0 radical (unpaired) electrons. The molecule has 22 heavy (non-hydrogen) atoms. The van der Waals surface area contributed by atoms with Gasteiger partial charge in [0.1, 0.15) is 11.5 Å². The molecule has 3 rings (SSSR count). The Bertz CT molecular complexity index is 726.